The number of nitrogens with zero attached hydrogens (tertiary/aromatic N) is 1. The predicted molar refractivity (Wildman–Crippen MR) is 79.2 cm³/mol. The molecule has 0 radical (unpaired) electrons. The summed E-state index contributed by atoms with van der Waals surface area (Å²) in [5.41, 5.74) is 8.60. The van der Waals surface area contributed by atoms with Crippen LogP contribution in [0.25, 0.3) is 0 Å². The number of anilines is 2. The molecular weight excluding hydrogens is 238 g/mol. The number of carbonyl (C=O) groups excluding carboxylic acids is 1. The summed E-state index contributed by atoms with van der Waals surface area (Å²) in [5, 5.41) is 3.37. The van der Waals surface area contributed by atoms with Crippen molar-refractivity contribution >= 4 is 17.3 Å². The molecule has 0 aromatic heterocycles. The van der Waals surface area contributed by atoms with E-state index in [2.05, 4.69) is 19.2 Å². The number of benzene rings is 1. The SMILES string of the molecule is CN(C)C(=O)c1ccc(N)c(NCC2CC2(C)C)c1. The van der Waals surface area contributed by atoms with E-state index in [4.69, 9.17) is 5.73 Å². The Morgan fingerprint density at radius 2 is 2.11 bits per heavy atom. The maximum absolute atomic E-state index is 11.9. The summed E-state index contributed by atoms with van der Waals surface area (Å²) < 4.78 is 0. The van der Waals surface area contributed by atoms with Gasteiger partial charge in [-0.05, 0) is 36.0 Å². The summed E-state index contributed by atoms with van der Waals surface area (Å²) >= 11 is 0. The first-order valence-electron chi connectivity index (χ1n) is 6.66. The van der Waals surface area contributed by atoms with E-state index < -0.39 is 0 Å². The van der Waals surface area contributed by atoms with Gasteiger partial charge >= 0.3 is 0 Å². The highest BCUT2D eigenvalue weighted by molar-refractivity contribution is 5.95. The van der Waals surface area contributed by atoms with Crippen LogP contribution in [-0.4, -0.2) is 31.4 Å². The van der Waals surface area contributed by atoms with Gasteiger partial charge in [-0.15, -0.1) is 0 Å². The van der Waals surface area contributed by atoms with E-state index in [0.29, 0.717) is 22.6 Å². The number of nitrogens with one attached hydrogen (secondary N) is 1. The lowest BCUT2D eigenvalue weighted by Gasteiger charge is -2.14. The number of nitrogens with two attached hydrogens (primary N) is 1. The van der Waals surface area contributed by atoms with E-state index >= 15 is 0 Å². The Morgan fingerprint density at radius 1 is 1.47 bits per heavy atom. The minimum absolute atomic E-state index is 0.00481. The molecule has 1 aromatic rings. The standard InChI is InChI=1S/C15H23N3O/c1-15(2)8-11(15)9-17-13-7-10(5-6-12(13)16)14(19)18(3)4/h5-7,11,17H,8-9,16H2,1-4H3. The van der Waals surface area contributed by atoms with Crippen LogP contribution in [0, 0.1) is 11.3 Å². The lowest BCUT2D eigenvalue weighted by atomic mass is 10.1. The summed E-state index contributed by atoms with van der Waals surface area (Å²) in [6, 6.07) is 5.40. The molecule has 1 saturated carbocycles. The largest absolute Gasteiger partial charge is 0.397 e. The summed E-state index contributed by atoms with van der Waals surface area (Å²) in [6.45, 7) is 5.46. The van der Waals surface area contributed by atoms with Crippen molar-refractivity contribution in [2.45, 2.75) is 20.3 Å². The van der Waals surface area contributed by atoms with Gasteiger partial charge in [-0.1, -0.05) is 13.8 Å². The van der Waals surface area contributed by atoms with Crippen LogP contribution in [0.1, 0.15) is 30.6 Å². The van der Waals surface area contributed by atoms with Crippen LogP contribution in [0.2, 0.25) is 0 Å². The molecule has 19 heavy (non-hydrogen) atoms. The molecule has 1 aromatic carbocycles. The fourth-order valence-corrected chi connectivity index (χ4v) is 2.26. The number of hydrogen-bond acceptors (Lipinski definition) is 3. The van der Waals surface area contributed by atoms with E-state index in [-0.39, 0.29) is 5.91 Å². The predicted octanol–water partition coefficient (Wildman–Crippen LogP) is 2.43. The average molecular weight is 261 g/mol. The summed E-state index contributed by atoms with van der Waals surface area (Å²) in [5.74, 6) is 0.690. The van der Waals surface area contributed by atoms with Gasteiger partial charge in [0.1, 0.15) is 0 Å². The van der Waals surface area contributed by atoms with Gasteiger partial charge in [0.15, 0.2) is 0 Å². The molecule has 1 amide bonds. The van der Waals surface area contributed by atoms with E-state index in [1.165, 1.54) is 6.42 Å². The van der Waals surface area contributed by atoms with E-state index in [1.54, 1.807) is 31.1 Å². The summed E-state index contributed by atoms with van der Waals surface area (Å²) in [7, 11) is 3.50. The lowest BCUT2D eigenvalue weighted by molar-refractivity contribution is 0.0827. The first-order chi connectivity index (χ1) is 8.81. The number of carbonyl (C=O) groups is 1. The van der Waals surface area contributed by atoms with Crippen LogP contribution in [0.15, 0.2) is 18.2 Å². The minimum Gasteiger partial charge on any atom is -0.397 e. The van der Waals surface area contributed by atoms with Crippen LogP contribution in [-0.2, 0) is 0 Å². The number of rotatable bonds is 4. The van der Waals surface area contributed by atoms with Gasteiger partial charge in [-0.3, -0.25) is 4.79 Å². The highest BCUT2D eigenvalue weighted by atomic mass is 16.2. The molecule has 0 heterocycles. The Labute approximate surface area is 115 Å². The zero-order chi connectivity index (χ0) is 14.2. The smallest absolute Gasteiger partial charge is 0.253 e. The van der Waals surface area contributed by atoms with Gasteiger partial charge in [0.25, 0.3) is 5.91 Å². The van der Waals surface area contributed by atoms with E-state index in [0.717, 1.165) is 12.2 Å². The maximum Gasteiger partial charge on any atom is 0.253 e. The first-order valence-corrected chi connectivity index (χ1v) is 6.66. The van der Waals surface area contributed by atoms with Crippen molar-refractivity contribution in [3.8, 4) is 0 Å². The Hall–Kier alpha value is -1.71. The second-order valence-corrected chi connectivity index (χ2v) is 6.27. The zero-order valence-electron chi connectivity index (χ0n) is 12.2. The Balaban J connectivity index is 2.07. The second kappa shape index (κ2) is 4.76. The average Bonchev–Trinajstić information content (AvgIpc) is 2.95. The van der Waals surface area contributed by atoms with Crippen LogP contribution in [0.5, 0.6) is 0 Å². The van der Waals surface area contributed by atoms with E-state index in [9.17, 15) is 4.79 Å². The van der Waals surface area contributed by atoms with Crippen molar-refractivity contribution in [1.82, 2.24) is 4.90 Å². The molecular formula is C15H23N3O. The molecule has 1 aliphatic rings. The number of hydrogen-bond donors (Lipinski definition) is 2. The van der Waals surface area contributed by atoms with Gasteiger partial charge in [-0.25, -0.2) is 0 Å². The molecule has 104 valence electrons. The van der Waals surface area contributed by atoms with Crippen molar-refractivity contribution in [3.05, 3.63) is 23.8 Å². The lowest BCUT2D eigenvalue weighted by Crippen LogP contribution is -2.22. The normalized spacial score (nSPS) is 19.9. The van der Waals surface area contributed by atoms with Crippen LogP contribution >= 0.6 is 0 Å². The maximum atomic E-state index is 11.9. The molecule has 2 rings (SSSR count). The minimum atomic E-state index is -0.00481. The third kappa shape index (κ3) is 3.00. The third-order valence-electron chi connectivity index (χ3n) is 3.96. The molecule has 4 heteroatoms. The van der Waals surface area contributed by atoms with Gasteiger partial charge in [0.2, 0.25) is 0 Å². The molecule has 0 saturated heterocycles. The summed E-state index contributed by atoms with van der Waals surface area (Å²) in [4.78, 5) is 13.5. The highest BCUT2D eigenvalue weighted by Gasteiger charge is 2.44. The zero-order valence-corrected chi connectivity index (χ0v) is 12.2. The number of amides is 1. The Kier molecular flexibility index (Phi) is 3.43. The number of nitrogen functional groups attached to an aromatic ring is 1. The van der Waals surface area contributed by atoms with Crippen molar-refractivity contribution in [2.24, 2.45) is 11.3 Å². The van der Waals surface area contributed by atoms with Crippen molar-refractivity contribution in [2.75, 3.05) is 31.7 Å². The molecule has 0 spiro atoms. The molecule has 1 unspecified atom stereocenters. The van der Waals surface area contributed by atoms with Crippen molar-refractivity contribution < 1.29 is 4.79 Å². The fourth-order valence-electron chi connectivity index (χ4n) is 2.26. The second-order valence-electron chi connectivity index (χ2n) is 6.27. The van der Waals surface area contributed by atoms with Gasteiger partial charge in [0.05, 0.1) is 11.4 Å². The van der Waals surface area contributed by atoms with Crippen LogP contribution in [0.4, 0.5) is 11.4 Å². The Bertz CT molecular complexity index is 494. The molecule has 1 fully saturated rings. The quantitative estimate of drug-likeness (QED) is 0.818. The van der Waals surface area contributed by atoms with Crippen molar-refractivity contribution in [3.63, 3.8) is 0 Å². The molecule has 0 aliphatic heterocycles. The van der Waals surface area contributed by atoms with Gasteiger partial charge < -0.3 is 16.0 Å². The van der Waals surface area contributed by atoms with Crippen LogP contribution in [0.3, 0.4) is 0 Å². The van der Waals surface area contributed by atoms with Gasteiger partial charge in [-0.2, -0.15) is 0 Å². The third-order valence-corrected chi connectivity index (χ3v) is 3.96. The van der Waals surface area contributed by atoms with Crippen molar-refractivity contribution in [1.29, 1.82) is 0 Å². The van der Waals surface area contributed by atoms with Crippen LogP contribution < -0.4 is 11.1 Å². The molecule has 4 nitrogen and oxygen atoms in total. The molecule has 1 aliphatic carbocycles. The Morgan fingerprint density at radius 3 is 2.63 bits per heavy atom. The van der Waals surface area contributed by atoms with Gasteiger partial charge in [0, 0.05) is 26.2 Å². The highest BCUT2D eigenvalue weighted by Crippen LogP contribution is 2.51. The molecule has 1 atom stereocenters. The fraction of sp³-hybridized carbons (Fsp3) is 0.533. The molecule has 0 bridgehead atoms. The monoisotopic (exact) mass is 261 g/mol. The topological polar surface area (TPSA) is 58.4 Å². The first kappa shape index (κ1) is 13.7. The summed E-state index contributed by atoms with van der Waals surface area (Å²) in [6.07, 6.45) is 1.25. The van der Waals surface area contributed by atoms with E-state index in [1.807, 2.05) is 6.07 Å². The molecule has 3 N–H and O–H groups in total.